The van der Waals surface area contributed by atoms with Crippen LogP contribution >= 0.6 is 0 Å². The second kappa shape index (κ2) is 6.20. The van der Waals surface area contributed by atoms with E-state index in [4.69, 9.17) is 5.53 Å². The second-order valence-corrected chi connectivity index (χ2v) is 9.03. The van der Waals surface area contributed by atoms with Gasteiger partial charge in [0.25, 0.3) is 0 Å². The fraction of sp³-hybridized carbons (Fsp3) is 0.316. The molecule has 3 atom stereocenters. The zero-order chi connectivity index (χ0) is 19.2. The van der Waals surface area contributed by atoms with Gasteiger partial charge in [-0.1, -0.05) is 48.0 Å². The molecule has 4 rings (SSSR count). The number of azide groups is 1. The van der Waals surface area contributed by atoms with Gasteiger partial charge in [0.15, 0.2) is 0 Å². The third-order valence-corrected chi connectivity index (χ3v) is 7.45. The van der Waals surface area contributed by atoms with Crippen molar-refractivity contribution in [3.8, 4) is 0 Å². The molecule has 1 unspecified atom stereocenters. The van der Waals surface area contributed by atoms with E-state index in [1.54, 1.807) is 24.3 Å². The minimum Gasteiger partial charge on any atom is -0.292 e. The molecular weight excluding hydrogens is 364 g/mol. The number of sulfonamides is 1. The Morgan fingerprint density at radius 3 is 2.48 bits per heavy atom. The molecule has 7 nitrogen and oxygen atoms in total. The lowest BCUT2D eigenvalue weighted by Gasteiger charge is -2.30. The maximum absolute atomic E-state index is 13.3. The quantitative estimate of drug-likeness (QED) is 0.458. The van der Waals surface area contributed by atoms with Gasteiger partial charge in [0.05, 0.1) is 16.4 Å². The molecule has 0 bridgehead atoms. The normalized spacial score (nSPS) is 26.9. The summed E-state index contributed by atoms with van der Waals surface area (Å²) in [6, 6.07) is 15.1. The Morgan fingerprint density at radius 2 is 1.85 bits per heavy atom. The molecule has 2 aromatic carbocycles. The van der Waals surface area contributed by atoms with Crippen LogP contribution in [0.5, 0.6) is 0 Å². The maximum Gasteiger partial charge on any atom is 0.243 e. The van der Waals surface area contributed by atoms with E-state index in [1.807, 2.05) is 37.3 Å². The number of rotatable bonds is 4. The summed E-state index contributed by atoms with van der Waals surface area (Å²) in [6.45, 7) is 2.13. The van der Waals surface area contributed by atoms with Crippen molar-refractivity contribution in [2.24, 2.45) is 16.4 Å². The molecule has 1 aliphatic carbocycles. The molecular formula is C19H18N4O3S. The fourth-order valence-corrected chi connectivity index (χ4v) is 5.90. The summed E-state index contributed by atoms with van der Waals surface area (Å²) in [5.41, 5.74) is 9.45. The SMILES string of the molecule is Cc1ccc(S(=O)(=O)N2CC3C[C@@]3(C(=O)N=[N+]=[N-])[C@@H]2c2ccccc2)cc1. The highest BCUT2D eigenvalue weighted by atomic mass is 32.2. The van der Waals surface area contributed by atoms with Gasteiger partial charge in [-0.15, -0.1) is 0 Å². The molecule has 1 heterocycles. The molecule has 1 saturated heterocycles. The summed E-state index contributed by atoms with van der Waals surface area (Å²) in [5, 5.41) is 3.32. The van der Waals surface area contributed by atoms with Crippen LogP contribution in [0.25, 0.3) is 10.4 Å². The van der Waals surface area contributed by atoms with E-state index in [9.17, 15) is 13.2 Å². The Kier molecular flexibility index (Phi) is 4.07. The average molecular weight is 382 g/mol. The Balaban J connectivity index is 1.83. The smallest absolute Gasteiger partial charge is 0.243 e. The first kappa shape index (κ1) is 17.7. The van der Waals surface area contributed by atoms with Crippen molar-refractivity contribution in [3.05, 3.63) is 76.2 Å². The molecule has 1 amide bonds. The number of carbonyl (C=O) groups excluding carboxylic acids is 1. The molecule has 0 spiro atoms. The molecule has 0 N–H and O–H groups in total. The number of benzene rings is 2. The highest BCUT2D eigenvalue weighted by molar-refractivity contribution is 7.89. The van der Waals surface area contributed by atoms with E-state index in [2.05, 4.69) is 10.0 Å². The van der Waals surface area contributed by atoms with Crippen LogP contribution < -0.4 is 0 Å². The van der Waals surface area contributed by atoms with Crippen LogP contribution in [0.1, 0.15) is 23.6 Å². The van der Waals surface area contributed by atoms with Gasteiger partial charge in [0.1, 0.15) is 0 Å². The van der Waals surface area contributed by atoms with Gasteiger partial charge in [-0.05, 0) is 47.6 Å². The van der Waals surface area contributed by atoms with Crippen molar-refractivity contribution in [1.82, 2.24) is 4.31 Å². The predicted octanol–water partition coefficient (Wildman–Crippen LogP) is 3.58. The lowest BCUT2D eigenvalue weighted by atomic mass is 9.90. The van der Waals surface area contributed by atoms with Gasteiger partial charge in [0, 0.05) is 11.5 Å². The number of hydrogen-bond donors (Lipinski definition) is 0. The van der Waals surface area contributed by atoms with Crippen LogP contribution in [-0.2, 0) is 14.8 Å². The Hall–Kier alpha value is -2.67. The molecule has 1 aliphatic heterocycles. The van der Waals surface area contributed by atoms with Gasteiger partial charge in [-0.25, -0.2) is 8.42 Å². The van der Waals surface area contributed by atoms with Crippen molar-refractivity contribution >= 4 is 15.9 Å². The lowest BCUT2D eigenvalue weighted by molar-refractivity contribution is -0.124. The van der Waals surface area contributed by atoms with Gasteiger partial charge >= 0.3 is 0 Å². The fourth-order valence-electron chi connectivity index (χ4n) is 4.18. The summed E-state index contributed by atoms with van der Waals surface area (Å²) in [5.74, 6) is -0.716. The standard InChI is InChI=1S/C19H18N4O3S/c1-13-7-9-16(10-8-13)27(25,26)23-12-15-11-19(15,18(24)21-22-20)17(23)14-5-3-2-4-6-14/h2-10,15,17H,11-12H2,1H3/t15?,17-,19-/m0/s1. The molecule has 1 saturated carbocycles. The van der Waals surface area contributed by atoms with Crippen molar-refractivity contribution in [2.75, 3.05) is 6.54 Å². The van der Waals surface area contributed by atoms with Crippen molar-refractivity contribution < 1.29 is 13.2 Å². The monoisotopic (exact) mass is 382 g/mol. The molecule has 2 aliphatic rings. The molecule has 0 aromatic heterocycles. The highest BCUT2D eigenvalue weighted by Gasteiger charge is 2.72. The minimum atomic E-state index is -3.80. The van der Waals surface area contributed by atoms with Gasteiger partial charge in [0.2, 0.25) is 15.9 Å². The highest BCUT2D eigenvalue weighted by Crippen LogP contribution is 2.68. The van der Waals surface area contributed by atoms with Crippen LogP contribution in [0.3, 0.4) is 0 Å². The Morgan fingerprint density at radius 1 is 1.19 bits per heavy atom. The van der Waals surface area contributed by atoms with Crippen molar-refractivity contribution in [2.45, 2.75) is 24.3 Å². The largest absolute Gasteiger partial charge is 0.292 e. The van der Waals surface area contributed by atoms with Gasteiger partial charge in [-0.3, -0.25) is 4.79 Å². The number of nitrogens with zero attached hydrogens (tertiary/aromatic N) is 4. The molecule has 138 valence electrons. The van der Waals surface area contributed by atoms with E-state index in [1.165, 1.54) is 4.31 Å². The van der Waals surface area contributed by atoms with Gasteiger partial charge in [-0.2, -0.15) is 4.31 Å². The first-order chi connectivity index (χ1) is 12.9. The molecule has 2 fully saturated rings. The summed E-state index contributed by atoms with van der Waals surface area (Å²) >= 11 is 0. The number of fused-ring (bicyclic) bond motifs is 1. The summed E-state index contributed by atoms with van der Waals surface area (Å²) < 4.78 is 28.1. The number of carbonyl (C=O) groups is 1. The van der Waals surface area contributed by atoms with E-state index in [0.29, 0.717) is 6.42 Å². The van der Waals surface area contributed by atoms with Crippen molar-refractivity contribution in [1.29, 1.82) is 0 Å². The maximum atomic E-state index is 13.3. The van der Waals surface area contributed by atoms with Crippen LogP contribution in [0.15, 0.2) is 64.6 Å². The third kappa shape index (κ3) is 2.65. The number of piperidine rings is 1. The summed E-state index contributed by atoms with van der Waals surface area (Å²) in [6.07, 6.45) is 0.532. The summed E-state index contributed by atoms with van der Waals surface area (Å²) in [4.78, 5) is 15.4. The topological polar surface area (TPSA) is 103 Å². The molecule has 2 aromatic rings. The molecule has 0 radical (unpaired) electrons. The predicted molar refractivity (Wildman–Crippen MR) is 98.9 cm³/mol. The summed E-state index contributed by atoms with van der Waals surface area (Å²) in [7, 11) is -3.80. The van der Waals surface area contributed by atoms with Crippen molar-refractivity contribution in [3.63, 3.8) is 0 Å². The van der Waals surface area contributed by atoms with Crippen LogP contribution in [0.2, 0.25) is 0 Å². The molecule has 27 heavy (non-hydrogen) atoms. The second-order valence-electron chi connectivity index (χ2n) is 7.14. The third-order valence-electron chi connectivity index (χ3n) is 5.61. The molecule has 8 heteroatoms. The number of amides is 1. The van der Waals surface area contributed by atoms with E-state index in [0.717, 1.165) is 11.1 Å². The number of aryl methyl sites for hydroxylation is 1. The first-order valence-corrected chi connectivity index (χ1v) is 10.1. The number of hydrogen-bond acceptors (Lipinski definition) is 3. The Labute approximate surface area is 157 Å². The zero-order valence-electron chi connectivity index (χ0n) is 14.7. The van der Waals surface area contributed by atoms with Crippen LogP contribution in [0.4, 0.5) is 0 Å². The lowest BCUT2D eigenvalue weighted by Crippen LogP contribution is -2.37. The van der Waals surface area contributed by atoms with Crippen LogP contribution in [0, 0.1) is 18.3 Å². The van der Waals surface area contributed by atoms with Gasteiger partial charge < -0.3 is 0 Å². The zero-order valence-corrected chi connectivity index (χ0v) is 15.5. The van der Waals surface area contributed by atoms with E-state index >= 15 is 0 Å². The van der Waals surface area contributed by atoms with E-state index in [-0.39, 0.29) is 17.4 Å². The van der Waals surface area contributed by atoms with Crippen LogP contribution in [-0.4, -0.2) is 25.2 Å². The minimum absolute atomic E-state index is 0.138. The van der Waals surface area contributed by atoms with E-state index < -0.39 is 27.4 Å². The Bertz CT molecular complexity index is 1050. The first-order valence-electron chi connectivity index (χ1n) is 8.64. The average Bonchev–Trinajstić information content (AvgIpc) is 3.28.